The van der Waals surface area contributed by atoms with Gasteiger partial charge in [0.1, 0.15) is 12.7 Å². The van der Waals surface area contributed by atoms with Crippen molar-refractivity contribution in [2.24, 2.45) is 5.73 Å². The standard InChI is InChI=1S/C11H22NO7P/c1-2-3-4-5-11(14)17-8-10(13)9-19-20(15,16)18-7-6-12/h3-4,10,13H,2,5-9,12H2,1H3,(H,15,16)/b4-3-. The average molecular weight is 311 g/mol. The van der Waals surface area contributed by atoms with E-state index < -0.39 is 26.5 Å². The van der Waals surface area contributed by atoms with Crippen LogP contribution in [0, 0.1) is 0 Å². The Hall–Kier alpha value is -0.760. The minimum absolute atomic E-state index is 0.0688. The lowest BCUT2D eigenvalue weighted by Crippen LogP contribution is -2.23. The Kier molecular flexibility index (Phi) is 10.5. The second-order valence-electron chi connectivity index (χ2n) is 3.81. The maximum atomic E-state index is 11.2. The summed E-state index contributed by atoms with van der Waals surface area (Å²) in [6, 6.07) is 0. The molecule has 4 N–H and O–H groups in total. The number of hydrogen-bond acceptors (Lipinski definition) is 7. The van der Waals surface area contributed by atoms with E-state index in [1.807, 2.05) is 13.0 Å². The Bertz CT molecular complexity index is 348. The predicted octanol–water partition coefficient (Wildman–Crippen LogP) is 0.339. The van der Waals surface area contributed by atoms with Gasteiger partial charge in [0.15, 0.2) is 0 Å². The molecule has 0 aromatic rings. The van der Waals surface area contributed by atoms with Crippen LogP contribution in [0.15, 0.2) is 12.2 Å². The van der Waals surface area contributed by atoms with Gasteiger partial charge in [0.2, 0.25) is 0 Å². The van der Waals surface area contributed by atoms with Crippen LogP contribution < -0.4 is 5.73 Å². The van der Waals surface area contributed by atoms with E-state index in [1.165, 1.54) is 0 Å². The summed E-state index contributed by atoms with van der Waals surface area (Å²) < 4.78 is 24.9. The lowest BCUT2D eigenvalue weighted by Gasteiger charge is -2.14. The van der Waals surface area contributed by atoms with Crippen LogP contribution in [0.25, 0.3) is 0 Å². The number of allylic oxidation sites excluding steroid dienone is 1. The average Bonchev–Trinajstić information content (AvgIpc) is 2.41. The third-order valence-electron chi connectivity index (χ3n) is 1.93. The molecule has 0 aromatic carbocycles. The number of rotatable bonds is 11. The highest BCUT2D eigenvalue weighted by molar-refractivity contribution is 7.47. The molecule has 0 rings (SSSR count). The van der Waals surface area contributed by atoms with Crippen molar-refractivity contribution >= 4 is 13.8 Å². The van der Waals surface area contributed by atoms with E-state index >= 15 is 0 Å². The smallest absolute Gasteiger partial charge is 0.463 e. The van der Waals surface area contributed by atoms with Crippen molar-refractivity contribution in [1.29, 1.82) is 0 Å². The van der Waals surface area contributed by atoms with Crippen LogP contribution in [-0.4, -0.2) is 48.4 Å². The number of nitrogens with two attached hydrogens (primary N) is 1. The van der Waals surface area contributed by atoms with Gasteiger partial charge >= 0.3 is 13.8 Å². The van der Waals surface area contributed by atoms with E-state index in [4.69, 9.17) is 15.4 Å². The summed E-state index contributed by atoms with van der Waals surface area (Å²) in [5, 5.41) is 9.43. The summed E-state index contributed by atoms with van der Waals surface area (Å²) in [6.07, 6.45) is 3.19. The van der Waals surface area contributed by atoms with Crippen molar-refractivity contribution < 1.29 is 33.1 Å². The maximum absolute atomic E-state index is 11.2. The zero-order valence-electron chi connectivity index (χ0n) is 11.4. The Balaban J connectivity index is 3.83. The Morgan fingerprint density at radius 3 is 2.65 bits per heavy atom. The third-order valence-corrected chi connectivity index (χ3v) is 2.91. The number of aliphatic hydroxyl groups is 1. The normalized spacial score (nSPS) is 16.0. The number of aliphatic hydroxyl groups excluding tert-OH is 1. The molecule has 0 fully saturated rings. The molecule has 0 amide bonds. The van der Waals surface area contributed by atoms with E-state index in [0.29, 0.717) is 0 Å². The summed E-state index contributed by atoms with van der Waals surface area (Å²) in [6.45, 7) is 1.05. The van der Waals surface area contributed by atoms with Crippen molar-refractivity contribution in [3.8, 4) is 0 Å². The highest BCUT2D eigenvalue weighted by Gasteiger charge is 2.22. The molecule has 9 heteroatoms. The van der Waals surface area contributed by atoms with E-state index in [9.17, 15) is 14.5 Å². The number of phosphoric acid groups is 1. The second kappa shape index (κ2) is 11.0. The number of carbonyl (C=O) groups is 1. The highest BCUT2D eigenvalue weighted by Crippen LogP contribution is 2.42. The number of ether oxygens (including phenoxy) is 1. The van der Waals surface area contributed by atoms with Crippen LogP contribution in [0.5, 0.6) is 0 Å². The van der Waals surface area contributed by atoms with Gasteiger partial charge < -0.3 is 20.5 Å². The molecule has 0 aromatic heterocycles. The molecule has 0 aliphatic heterocycles. The maximum Gasteiger partial charge on any atom is 0.472 e. The summed E-state index contributed by atoms with van der Waals surface area (Å²) in [7, 11) is -4.22. The van der Waals surface area contributed by atoms with Crippen LogP contribution >= 0.6 is 7.82 Å². The first-order valence-corrected chi connectivity index (χ1v) is 7.71. The van der Waals surface area contributed by atoms with Gasteiger partial charge in [-0.3, -0.25) is 13.8 Å². The molecular formula is C11H22NO7P. The molecule has 0 aliphatic rings. The first-order valence-electron chi connectivity index (χ1n) is 6.22. The van der Waals surface area contributed by atoms with Gasteiger partial charge in [0.05, 0.1) is 19.6 Å². The van der Waals surface area contributed by atoms with Crippen molar-refractivity contribution in [1.82, 2.24) is 0 Å². The Morgan fingerprint density at radius 2 is 2.05 bits per heavy atom. The van der Waals surface area contributed by atoms with Gasteiger partial charge in [-0.05, 0) is 6.42 Å². The lowest BCUT2D eigenvalue weighted by atomic mass is 10.3. The SMILES string of the molecule is CC/C=C\CC(=O)OCC(O)COP(=O)(O)OCCN. The van der Waals surface area contributed by atoms with E-state index in [0.717, 1.165) is 6.42 Å². The molecule has 0 spiro atoms. The van der Waals surface area contributed by atoms with Gasteiger partial charge in [0.25, 0.3) is 0 Å². The molecule has 0 saturated carbocycles. The quantitative estimate of drug-likeness (QED) is 0.283. The summed E-state index contributed by atoms with van der Waals surface area (Å²) >= 11 is 0. The molecule has 2 unspecified atom stereocenters. The zero-order chi connectivity index (χ0) is 15.4. The number of carbonyl (C=O) groups excluding carboxylic acids is 1. The predicted molar refractivity (Wildman–Crippen MR) is 71.8 cm³/mol. The van der Waals surface area contributed by atoms with Crippen molar-refractivity contribution in [3.63, 3.8) is 0 Å². The molecule has 118 valence electrons. The molecule has 0 bridgehead atoms. The van der Waals surface area contributed by atoms with Crippen molar-refractivity contribution in [2.75, 3.05) is 26.4 Å². The minimum atomic E-state index is -4.22. The fourth-order valence-electron chi connectivity index (χ4n) is 1.03. The molecule has 0 aliphatic carbocycles. The van der Waals surface area contributed by atoms with Gasteiger partial charge in [-0.1, -0.05) is 19.1 Å². The molecule has 8 nitrogen and oxygen atoms in total. The lowest BCUT2D eigenvalue weighted by molar-refractivity contribution is -0.146. The van der Waals surface area contributed by atoms with Gasteiger partial charge in [-0.2, -0.15) is 0 Å². The fraction of sp³-hybridized carbons (Fsp3) is 0.727. The topological polar surface area (TPSA) is 128 Å². The zero-order valence-corrected chi connectivity index (χ0v) is 12.3. The summed E-state index contributed by atoms with van der Waals surface area (Å²) in [5.41, 5.74) is 5.10. The Labute approximate surface area is 118 Å². The summed E-state index contributed by atoms with van der Waals surface area (Å²) in [4.78, 5) is 20.3. The van der Waals surface area contributed by atoms with Crippen LogP contribution in [0.2, 0.25) is 0 Å². The fourth-order valence-corrected chi connectivity index (χ4v) is 1.80. The van der Waals surface area contributed by atoms with Crippen molar-refractivity contribution in [2.45, 2.75) is 25.9 Å². The van der Waals surface area contributed by atoms with E-state index in [-0.39, 0.29) is 26.2 Å². The molecule has 0 radical (unpaired) electrons. The number of phosphoric ester groups is 1. The third kappa shape index (κ3) is 11.1. The summed E-state index contributed by atoms with van der Waals surface area (Å²) in [5.74, 6) is -0.500. The van der Waals surface area contributed by atoms with Gasteiger partial charge in [-0.15, -0.1) is 0 Å². The first kappa shape index (κ1) is 19.2. The Morgan fingerprint density at radius 1 is 1.35 bits per heavy atom. The second-order valence-corrected chi connectivity index (χ2v) is 5.26. The molecule has 0 saturated heterocycles. The first-order chi connectivity index (χ1) is 9.41. The van der Waals surface area contributed by atoms with E-state index in [2.05, 4.69) is 9.05 Å². The van der Waals surface area contributed by atoms with Crippen LogP contribution in [-0.2, 0) is 23.1 Å². The van der Waals surface area contributed by atoms with Crippen LogP contribution in [0.1, 0.15) is 19.8 Å². The highest BCUT2D eigenvalue weighted by atomic mass is 31.2. The molecule has 2 atom stereocenters. The van der Waals surface area contributed by atoms with Crippen LogP contribution in [0.3, 0.4) is 0 Å². The van der Waals surface area contributed by atoms with Gasteiger partial charge in [0, 0.05) is 6.54 Å². The number of esters is 1. The minimum Gasteiger partial charge on any atom is -0.463 e. The van der Waals surface area contributed by atoms with Crippen molar-refractivity contribution in [3.05, 3.63) is 12.2 Å². The largest absolute Gasteiger partial charge is 0.472 e. The molecule has 0 heterocycles. The van der Waals surface area contributed by atoms with E-state index in [1.54, 1.807) is 6.08 Å². The monoisotopic (exact) mass is 311 g/mol. The molecule has 20 heavy (non-hydrogen) atoms. The molecular weight excluding hydrogens is 289 g/mol. The number of hydrogen-bond donors (Lipinski definition) is 3. The van der Waals surface area contributed by atoms with Gasteiger partial charge in [-0.25, -0.2) is 4.57 Å². The van der Waals surface area contributed by atoms with Crippen LogP contribution in [0.4, 0.5) is 0 Å².